The lowest BCUT2D eigenvalue weighted by molar-refractivity contribution is 0.0618. The summed E-state index contributed by atoms with van der Waals surface area (Å²) in [5.74, 6) is 0.554. The number of H-pyrrole nitrogens is 1. The maximum atomic E-state index is 12.8. The monoisotopic (exact) mass is 352 g/mol. The van der Waals surface area contributed by atoms with Gasteiger partial charge in [-0.05, 0) is 61.0 Å². The number of benzene rings is 1. The van der Waals surface area contributed by atoms with Gasteiger partial charge < -0.3 is 10.2 Å². The molecule has 5 nitrogen and oxygen atoms in total. The number of carbonyl (C=O) groups is 1. The number of hydrogen-bond acceptors (Lipinski definition) is 4. The highest BCUT2D eigenvalue weighted by molar-refractivity contribution is 7.13. The summed E-state index contributed by atoms with van der Waals surface area (Å²) in [7, 11) is 0. The summed E-state index contributed by atoms with van der Waals surface area (Å²) in [5.41, 5.74) is 2.56. The zero-order chi connectivity index (χ0) is 16.8. The van der Waals surface area contributed by atoms with Gasteiger partial charge in [0, 0.05) is 22.8 Å². The standard InChI is InChI=1S/C19H20N4OS/c24-19(20-16-11-23-7-5-12(16)6-8-23)18-14-4-3-13(10-15(14)21-22-18)17-2-1-9-25-17/h1-4,9-10,12,16H,5-8,11H2,(H,20,24)(H,21,22)/t16-/m1/s1. The van der Waals surface area contributed by atoms with E-state index in [-0.39, 0.29) is 11.9 Å². The molecule has 6 rings (SSSR count). The van der Waals surface area contributed by atoms with Gasteiger partial charge in [0.1, 0.15) is 0 Å². The van der Waals surface area contributed by atoms with Crippen molar-refractivity contribution in [2.45, 2.75) is 18.9 Å². The Morgan fingerprint density at radius 3 is 2.88 bits per heavy atom. The van der Waals surface area contributed by atoms with Crippen LogP contribution in [-0.4, -0.2) is 46.7 Å². The predicted octanol–water partition coefficient (Wildman–Crippen LogP) is 3.12. The van der Waals surface area contributed by atoms with E-state index in [2.05, 4.69) is 44.0 Å². The zero-order valence-electron chi connectivity index (χ0n) is 13.9. The van der Waals surface area contributed by atoms with E-state index in [1.165, 1.54) is 30.8 Å². The van der Waals surface area contributed by atoms with E-state index in [0.29, 0.717) is 11.6 Å². The van der Waals surface area contributed by atoms with Crippen LogP contribution in [0.5, 0.6) is 0 Å². The number of nitrogens with one attached hydrogen (secondary N) is 2. The van der Waals surface area contributed by atoms with Crippen LogP contribution in [0, 0.1) is 5.92 Å². The van der Waals surface area contributed by atoms with Crippen LogP contribution in [-0.2, 0) is 0 Å². The molecule has 25 heavy (non-hydrogen) atoms. The first-order valence-corrected chi connectivity index (χ1v) is 9.71. The summed E-state index contributed by atoms with van der Waals surface area (Å²) in [4.78, 5) is 16.4. The minimum atomic E-state index is -0.0612. The maximum Gasteiger partial charge on any atom is 0.272 e. The predicted molar refractivity (Wildman–Crippen MR) is 99.8 cm³/mol. The van der Waals surface area contributed by atoms with E-state index in [0.717, 1.165) is 23.0 Å². The largest absolute Gasteiger partial charge is 0.346 e. The normalized spacial score (nSPS) is 25.4. The molecule has 0 aliphatic carbocycles. The molecule has 128 valence electrons. The fourth-order valence-electron chi connectivity index (χ4n) is 4.15. The van der Waals surface area contributed by atoms with Crippen molar-refractivity contribution in [1.82, 2.24) is 20.4 Å². The van der Waals surface area contributed by atoms with Crippen LogP contribution in [0.15, 0.2) is 35.7 Å². The average molecular weight is 352 g/mol. The van der Waals surface area contributed by atoms with E-state index in [1.807, 2.05) is 12.1 Å². The van der Waals surface area contributed by atoms with Crippen molar-refractivity contribution in [3.05, 3.63) is 41.4 Å². The number of hydrogen-bond donors (Lipinski definition) is 2. The number of fused-ring (bicyclic) bond motifs is 4. The summed E-state index contributed by atoms with van der Waals surface area (Å²) >= 11 is 1.71. The van der Waals surface area contributed by atoms with Crippen molar-refractivity contribution < 1.29 is 4.79 Å². The zero-order valence-corrected chi connectivity index (χ0v) is 14.7. The summed E-state index contributed by atoms with van der Waals surface area (Å²) < 4.78 is 0. The third-order valence-electron chi connectivity index (χ3n) is 5.56. The molecular weight excluding hydrogens is 332 g/mol. The van der Waals surface area contributed by atoms with E-state index >= 15 is 0 Å². The highest BCUT2D eigenvalue weighted by Crippen LogP contribution is 2.30. The second kappa shape index (κ2) is 5.97. The molecule has 3 fully saturated rings. The molecule has 3 saturated heterocycles. The summed E-state index contributed by atoms with van der Waals surface area (Å²) in [5, 5.41) is 13.5. The quantitative estimate of drug-likeness (QED) is 0.761. The molecule has 0 saturated carbocycles. The second-order valence-electron chi connectivity index (χ2n) is 7.03. The first-order valence-electron chi connectivity index (χ1n) is 8.83. The number of rotatable bonds is 3. The molecule has 1 aromatic carbocycles. The van der Waals surface area contributed by atoms with Crippen LogP contribution in [0.4, 0.5) is 0 Å². The highest BCUT2D eigenvalue weighted by atomic mass is 32.1. The second-order valence-corrected chi connectivity index (χ2v) is 7.98. The van der Waals surface area contributed by atoms with Crippen molar-refractivity contribution in [3.8, 4) is 10.4 Å². The van der Waals surface area contributed by atoms with Crippen LogP contribution >= 0.6 is 11.3 Å². The van der Waals surface area contributed by atoms with Gasteiger partial charge in [0.2, 0.25) is 0 Å². The Hall–Kier alpha value is -2.18. The molecule has 5 heterocycles. The molecule has 3 aliphatic heterocycles. The third kappa shape index (κ3) is 2.65. The van der Waals surface area contributed by atoms with Gasteiger partial charge in [0.05, 0.1) is 5.52 Å². The molecule has 0 unspecified atom stereocenters. The van der Waals surface area contributed by atoms with E-state index in [4.69, 9.17) is 0 Å². The molecule has 3 aliphatic rings. The Kier molecular flexibility index (Phi) is 3.60. The van der Waals surface area contributed by atoms with Gasteiger partial charge in [-0.1, -0.05) is 12.1 Å². The van der Waals surface area contributed by atoms with Crippen LogP contribution < -0.4 is 5.32 Å². The Morgan fingerprint density at radius 2 is 2.16 bits per heavy atom. The maximum absolute atomic E-state index is 12.8. The first kappa shape index (κ1) is 15.1. The number of aromatic nitrogens is 2. The van der Waals surface area contributed by atoms with E-state index in [9.17, 15) is 4.79 Å². The van der Waals surface area contributed by atoms with Crippen LogP contribution in [0.25, 0.3) is 21.3 Å². The number of amides is 1. The number of nitrogens with zero attached hydrogens (tertiary/aromatic N) is 2. The molecule has 3 aromatic rings. The van der Waals surface area contributed by atoms with Gasteiger partial charge >= 0.3 is 0 Å². The number of carbonyl (C=O) groups excluding carboxylic acids is 1. The molecule has 1 amide bonds. The Balaban J connectivity index is 1.40. The van der Waals surface area contributed by atoms with Crippen LogP contribution in [0.3, 0.4) is 0 Å². The molecule has 6 heteroatoms. The van der Waals surface area contributed by atoms with E-state index < -0.39 is 0 Å². The molecular formula is C19H20N4OS. The van der Waals surface area contributed by atoms with Crippen LogP contribution in [0.2, 0.25) is 0 Å². The van der Waals surface area contributed by atoms with Crippen molar-refractivity contribution >= 4 is 28.1 Å². The molecule has 2 aromatic heterocycles. The Labute approximate surface area is 150 Å². The lowest BCUT2D eigenvalue weighted by Crippen LogP contribution is -2.57. The van der Waals surface area contributed by atoms with Gasteiger partial charge in [-0.3, -0.25) is 9.89 Å². The number of piperidine rings is 3. The van der Waals surface area contributed by atoms with Crippen molar-refractivity contribution in [2.75, 3.05) is 19.6 Å². The van der Waals surface area contributed by atoms with Crippen molar-refractivity contribution in [1.29, 1.82) is 0 Å². The van der Waals surface area contributed by atoms with Gasteiger partial charge in [0.25, 0.3) is 5.91 Å². The third-order valence-corrected chi connectivity index (χ3v) is 6.48. The van der Waals surface area contributed by atoms with Gasteiger partial charge in [0.15, 0.2) is 5.69 Å². The smallest absolute Gasteiger partial charge is 0.272 e. The summed E-state index contributed by atoms with van der Waals surface area (Å²) in [6, 6.07) is 10.5. The van der Waals surface area contributed by atoms with Crippen molar-refractivity contribution in [2.24, 2.45) is 5.92 Å². The Bertz CT molecular complexity index is 909. The van der Waals surface area contributed by atoms with Gasteiger partial charge in [-0.25, -0.2) is 0 Å². The van der Waals surface area contributed by atoms with Crippen molar-refractivity contribution in [3.63, 3.8) is 0 Å². The molecule has 2 N–H and O–H groups in total. The van der Waals surface area contributed by atoms with Gasteiger partial charge in [-0.15, -0.1) is 11.3 Å². The fourth-order valence-corrected chi connectivity index (χ4v) is 4.88. The summed E-state index contributed by atoms with van der Waals surface area (Å²) in [6.07, 6.45) is 2.38. The number of aromatic amines is 1. The highest BCUT2D eigenvalue weighted by Gasteiger charge is 2.35. The molecule has 0 spiro atoms. The van der Waals surface area contributed by atoms with Crippen LogP contribution in [0.1, 0.15) is 23.3 Å². The molecule has 2 bridgehead atoms. The molecule has 0 radical (unpaired) electrons. The SMILES string of the molecule is O=C(N[C@@H]1CN2CCC1CC2)c1n[nH]c2cc(-c3cccs3)ccc12. The Morgan fingerprint density at radius 1 is 1.28 bits per heavy atom. The fraction of sp³-hybridized carbons (Fsp3) is 0.368. The topological polar surface area (TPSA) is 61.0 Å². The average Bonchev–Trinajstić information content (AvgIpc) is 3.32. The minimum Gasteiger partial charge on any atom is -0.346 e. The van der Waals surface area contributed by atoms with E-state index in [1.54, 1.807) is 11.3 Å². The first-order chi connectivity index (χ1) is 12.3. The lowest BCUT2D eigenvalue weighted by atomic mass is 9.84. The minimum absolute atomic E-state index is 0.0612. The lowest BCUT2D eigenvalue weighted by Gasteiger charge is -2.44. The summed E-state index contributed by atoms with van der Waals surface area (Å²) in [6.45, 7) is 3.32. The van der Waals surface area contributed by atoms with Gasteiger partial charge in [-0.2, -0.15) is 5.10 Å². The number of thiophene rings is 1. The molecule has 1 atom stereocenters.